The van der Waals surface area contributed by atoms with Gasteiger partial charge < -0.3 is 9.47 Å². The van der Waals surface area contributed by atoms with Crippen LogP contribution < -0.4 is 0 Å². The first kappa shape index (κ1) is 13.5. The van der Waals surface area contributed by atoms with Crippen molar-refractivity contribution in [2.45, 2.75) is 36.1 Å². The number of hydrogen-bond donors (Lipinski definition) is 0. The lowest BCUT2D eigenvalue weighted by Crippen LogP contribution is -2.26. The van der Waals surface area contributed by atoms with Crippen molar-refractivity contribution >= 4 is 15.4 Å². The van der Waals surface area contributed by atoms with Gasteiger partial charge >= 0.3 is 0 Å². The molecule has 0 radical (unpaired) electrons. The van der Waals surface area contributed by atoms with Crippen molar-refractivity contribution < 1.29 is 17.9 Å². The van der Waals surface area contributed by atoms with Gasteiger partial charge in [-0.3, -0.25) is 0 Å². The summed E-state index contributed by atoms with van der Waals surface area (Å²) in [5.74, 6) is 0. The highest BCUT2D eigenvalue weighted by Gasteiger charge is 2.43. The minimum Gasteiger partial charge on any atom is -0.346 e. The van der Waals surface area contributed by atoms with Gasteiger partial charge in [0.1, 0.15) is 0 Å². The van der Waals surface area contributed by atoms with E-state index in [2.05, 4.69) is 0 Å². The van der Waals surface area contributed by atoms with E-state index in [-0.39, 0.29) is 16.8 Å². The second-order valence-corrected chi connectivity index (χ2v) is 8.37. The van der Waals surface area contributed by atoms with Crippen LogP contribution >= 0.6 is 0 Å². The number of benzene rings is 1. The fourth-order valence-corrected chi connectivity index (χ4v) is 5.67. The average molecular weight is 306 g/mol. The average Bonchev–Trinajstić information content (AvgIpc) is 3.02. The largest absolute Gasteiger partial charge is 0.346 e. The van der Waals surface area contributed by atoms with E-state index in [4.69, 9.17) is 9.47 Å². The molecule has 0 saturated carbocycles. The van der Waals surface area contributed by atoms with Gasteiger partial charge in [0.05, 0.1) is 23.7 Å². The molecule has 0 N–H and O–H groups in total. The van der Waals surface area contributed by atoms with Gasteiger partial charge in [0.2, 0.25) is 0 Å². The Hall–Kier alpha value is -1.17. The third-order valence-electron chi connectivity index (χ3n) is 4.67. The van der Waals surface area contributed by atoms with Gasteiger partial charge in [0.15, 0.2) is 16.1 Å². The lowest BCUT2D eigenvalue weighted by Gasteiger charge is -2.21. The van der Waals surface area contributed by atoms with E-state index in [1.54, 1.807) is 0 Å². The van der Waals surface area contributed by atoms with Crippen molar-refractivity contribution in [2.24, 2.45) is 0 Å². The Morgan fingerprint density at radius 2 is 1.71 bits per heavy atom. The zero-order valence-corrected chi connectivity index (χ0v) is 12.5. The SMILES string of the molecule is O=S1(=O)C2C=C(c3ccc(C4OCCO4)cc3)CC1CC2. The molecule has 2 bridgehead atoms. The first-order valence-corrected chi connectivity index (χ1v) is 9.02. The van der Waals surface area contributed by atoms with Crippen LogP contribution in [-0.2, 0) is 19.3 Å². The van der Waals surface area contributed by atoms with E-state index in [0.29, 0.717) is 19.6 Å². The predicted molar refractivity (Wildman–Crippen MR) is 79.4 cm³/mol. The summed E-state index contributed by atoms with van der Waals surface area (Å²) in [6.45, 7) is 1.28. The quantitative estimate of drug-likeness (QED) is 0.842. The van der Waals surface area contributed by atoms with Crippen LogP contribution in [0.1, 0.15) is 36.7 Å². The van der Waals surface area contributed by atoms with E-state index >= 15 is 0 Å². The monoisotopic (exact) mass is 306 g/mol. The predicted octanol–water partition coefficient (Wildman–Crippen LogP) is 2.46. The first-order valence-electron chi connectivity index (χ1n) is 7.41. The molecule has 0 amide bonds. The fraction of sp³-hybridized carbons (Fsp3) is 0.500. The molecule has 1 aromatic carbocycles. The van der Waals surface area contributed by atoms with Crippen molar-refractivity contribution in [3.63, 3.8) is 0 Å². The Morgan fingerprint density at radius 1 is 1.00 bits per heavy atom. The molecule has 2 atom stereocenters. The molecule has 2 fully saturated rings. The van der Waals surface area contributed by atoms with Crippen LogP contribution in [0.4, 0.5) is 0 Å². The fourth-order valence-electron chi connectivity index (χ4n) is 3.48. The summed E-state index contributed by atoms with van der Waals surface area (Å²) in [4.78, 5) is 0. The Balaban J connectivity index is 1.60. The zero-order valence-electron chi connectivity index (χ0n) is 11.7. The molecule has 1 aromatic rings. The molecule has 4 nitrogen and oxygen atoms in total. The Morgan fingerprint density at radius 3 is 2.38 bits per heavy atom. The summed E-state index contributed by atoms with van der Waals surface area (Å²) in [6, 6.07) is 8.11. The van der Waals surface area contributed by atoms with Crippen LogP contribution in [-0.4, -0.2) is 32.1 Å². The van der Waals surface area contributed by atoms with Crippen molar-refractivity contribution in [2.75, 3.05) is 13.2 Å². The smallest absolute Gasteiger partial charge is 0.184 e. The van der Waals surface area contributed by atoms with Gasteiger partial charge in [0.25, 0.3) is 0 Å². The highest BCUT2D eigenvalue weighted by Crippen LogP contribution is 2.40. The summed E-state index contributed by atoms with van der Waals surface area (Å²) in [5.41, 5.74) is 3.30. The maximum Gasteiger partial charge on any atom is 0.184 e. The van der Waals surface area contributed by atoms with Crippen LogP contribution in [0.3, 0.4) is 0 Å². The summed E-state index contributed by atoms with van der Waals surface area (Å²) >= 11 is 0. The summed E-state index contributed by atoms with van der Waals surface area (Å²) < 4.78 is 35.2. The molecule has 2 unspecified atom stereocenters. The number of hydrogen-bond acceptors (Lipinski definition) is 4. The highest BCUT2D eigenvalue weighted by molar-refractivity contribution is 7.93. The van der Waals surface area contributed by atoms with Crippen LogP contribution in [0.15, 0.2) is 30.3 Å². The maximum absolute atomic E-state index is 12.1. The second-order valence-electron chi connectivity index (χ2n) is 5.92. The molecule has 112 valence electrons. The van der Waals surface area contributed by atoms with Crippen LogP contribution in [0.25, 0.3) is 5.57 Å². The second kappa shape index (κ2) is 4.93. The molecule has 3 heterocycles. The van der Waals surface area contributed by atoms with Gasteiger partial charge in [-0.2, -0.15) is 0 Å². The van der Waals surface area contributed by atoms with Gasteiger partial charge in [-0.25, -0.2) is 8.42 Å². The Kier molecular flexibility index (Phi) is 3.17. The van der Waals surface area contributed by atoms with Crippen molar-refractivity contribution in [1.82, 2.24) is 0 Å². The zero-order chi connectivity index (χ0) is 14.4. The minimum atomic E-state index is -2.91. The topological polar surface area (TPSA) is 52.6 Å². The Bertz CT molecular complexity index is 669. The van der Waals surface area contributed by atoms with Gasteiger partial charge in [0, 0.05) is 5.56 Å². The van der Waals surface area contributed by atoms with Crippen LogP contribution in [0.5, 0.6) is 0 Å². The minimum absolute atomic E-state index is 0.177. The first-order chi connectivity index (χ1) is 10.1. The van der Waals surface area contributed by atoms with Crippen molar-refractivity contribution in [3.8, 4) is 0 Å². The van der Waals surface area contributed by atoms with Gasteiger partial charge in [-0.1, -0.05) is 30.3 Å². The molecule has 0 aromatic heterocycles. The lowest BCUT2D eigenvalue weighted by molar-refractivity contribution is -0.0441. The molecule has 0 aliphatic carbocycles. The number of rotatable bonds is 2. The number of ether oxygens (including phenoxy) is 2. The molecule has 21 heavy (non-hydrogen) atoms. The third-order valence-corrected chi connectivity index (χ3v) is 7.22. The van der Waals surface area contributed by atoms with E-state index in [1.165, 1.54) is 0 Å². The number of allylic oxidation sites excluding steroid dienone is 1. The van der Waals surface area contributed by atoms with E-state index in [0.717, 1.165) is 29.5 Å². The third kappa shape index (κ3) is 2.24. The van der Waals surface area contributed by atoms with Crippen LogP contribution in [0.2, 0.25) is 0 Å². The summed E-state index contributed by atoms with van der Waals surface area (Å²) in [7, 11) is -2.91. The summed E-state index contributed by atoms with van der Waals surface area (Å²) in [5, 5.41) is -0.448. The molecule has 2 saturated heterocycles. The number of fused-ring (bicyclic) bond motifs is 2. The van der Waals surface area contributed by atoms with E-state index in [9.17, 15) is 8.42 Å². The normalized spacial score (nSPS) is 31.3. The molecular formula is C16H18O4S. The molecule has 4 rings (SSSR count). The Labute approximate surface area is 124 Å². The molecule has 3 aliphatic heterocycles. The standard InChI is InChI=1S/C16H18O4S/c17-21(18)14-5-6-15(21)10-13(9-14)11-1-3-12(4-2-11)16-19-7-8-20-16/h1-4,9,14-16H,5-8,10H2. The van der Waals surface area contributed by atoms with E-state index < -0.39 is 9.84 Å². The van der Waals surface area contributed by atoms with E-state index in [1.807, 2.05) is 30.3 Å². The molecule has 3 aliphatic rings. The summed E-state index contributed by atoms with van der Waals surface area (Å²) in [6.07, 6.45) is 3.93. The maximum atomic E-state index is 12.1. The highest BCUT2D eigenvalue weighted by atomic mass is 32.2. The molecule has 0 spiro atoms. The van der Waals surface area contributed by atoms with Gasteiger partial charge in [-0.05, 0) is 30.4 Å². The number of sulfone groups is 1. The van der Waals surface area contributed by atoms with Crippen LogP contribution in [0, 0.1) is 0 Å². The van der Waals surface area contributed by atoms with Crippen molar-refractivity contribution in [1.29, 1.82) is 0 Å². The lowest BCUT2D eigenvalue weighted by atomic mass is 9.99. The molecular weight excluding hydrogens is 288 g/mol. The molecule has 5 heteroatoms. The van der Waals surface area contributed by atoms with Crippen molar-refractivity contribution in [3.05, 3.63) is 41.5 Å². The van der Waals surface area contributed by atoms with Gasteiger partial charge in [-0.15, -0.1) is 0 Å².